The first-order valence-corrected chi connectivity index (χ1v) is 8.52. The molecule has 2 heterocycles. The van der Waals surface area contributed by atoms with Crippen LogP contribution in [0.4, 0.5) is 0 Å². The molecule has 0 unspecified atom stereocenters. The van der Waals surface area contributed by atoms with E-state index in [-0.39, 0.29) is 23.4 Å². The highest BCUT2D eigenvalue weighted by Crippen LogP contribution is 2.17. The molecular weight excluding hydrogens is 320 g/mol. The average molecular weight is 340 g/mol. The summed E-state index contributed by atoms with van der Waals surface area (Å²) >= 11 is 1.47. The summed E-state index contributed by atoms with van der Waals surface area (Å²) in [6.07, 6.45) is 1.05. The SMILES string of the molecule is CC(=O)NCSCCC(=O)N1CCCN1C(=O)c1cc(C)on1. The van der Waals surface area contributed by atoms with Crippen LogP contribution in [0.25, 0.3) is 0 Å². The molecule has 1 aromatic heterocycles. The maximum absolute atomic E-state index is 12.4. The molecule has 0 bridgehead atoms. The van der Waals surface area contributed by atoms with Crippen LogP contribution in [0.2, 0.25) is 0 Å². The molecule has 0 aromatic carbocycles. The van der Waals surface area contributed by atoms with Crippen LogP contribution in [0.3, 0.4) is 0 Å². The lowest BCUT2D eigenvalue weighted by Gasteiger charge is -2.27. The van der Waals surface area contributed by atoms with E-state index < -0.39 is 0 Å². The quantitative estimate of drug-likeness (QED) is 0.607. The van der Waals surface area contributed by atoms with Crippen molar-refractivity contribution in [2.75, 3.05) is 24.7 Å². The van der Waals surface area contributed by atoms with Crippen molar-refractivity contribution in [1.29, 1.82) is 0 Å². The fourth-order valence-electron chi connectivity index (χ4n) is 2.19. The molecule has 8 nitrogen and oxygen atoms in total. The number of carbonyl (C=O) groups is 3. The Balaban J connectivity index is 1.84. The van der Waals surface area contributed by atoms with Gasteiger partial charge in [0.15, 0.2) is 5.69 Å². The van der Waals surface area contributed by atoms with Crippen molar-refractivity contribution in [2.45, 2.75) is 26.7 Å². The summed E-state index contributed by atoms with van der Waals surface area (Å²) in [6.45, 7) is 4.18. The highest BCUT2D eigenvalue weighted by molar-refractivity contribution is 7.99. The van der Waals surface area contributed by atoms with Crippen LogP contribution in [0.15, 0.2) is 10.6 Å². The van der Waals surface area contributed by atoms with Crippen molar-refractivity contribution in [1.82, 2.24) is 20.5 Å². The van der Waals surface area contributed by atoms with E-state index in [9.17, 15) is 14.4 Å². The number of hydrazine groups is 1. The third kappa shape index (κ3) is 4.72. The molecule has 126 valence electrons. The van der Waals surface area contributed by atoms with E-state index in [0.29, 0.717) is 36.9 Å². The van der Waals surface area contributed by atoms with Crippen LogP contribution >= 0.6 is 11.8 Å². The molecular formula is C14H20N4O4S. The lowest BCUT2D eigenvalue weighted by molar-refractivity contribution is -0.140. The molecule has 0 saturated carbocycles. The van der Waals surface area contributed by atoms with Crippen molar-refractivity contribution in [3.8, 4) is 0 Å². The first kappa shape index (κ1) is 17.3. The van der Waals surface area contributed by atoms with Crippen LogP contribution in [-0.2, 0) is 9.59 Å². The molecule has 1 fully saturated rings. The Morgan fingerprint density at radius 3 is 2.74 bits per heavy atom. The number of amides is 3. The average Bonchev–Trinajstić information content (AvgIpc) is 3.14. The van der Waals surface area contributed by atoms with Crippen molar-refractivity contribution >= 4 is 29.5 Å². The van der Waals surface area contributed by atoms with Crippen LogP contribution in [0.5, 0.6) is 0 Å². The largest absolute Gasteiger partial charge is 0.361 e. The van der Waals surface area contributed by atoms with E-state index in [2.05, 4.69) is 10.5 Å². The van der Waals surface area contributed by atoms with Gasteiger partial charge in [-0.15, -0.1) is 11.8 Å². The number of aryl methyl sites for hydroxylation is 1. The van der Waals surface area contributed by atoms with E-state index in [1.165, 1.54) is 28.7 Å². The normalized spacial score (nSPS) is 14.2. The smallest absolute Gasteiger partial charge is 0.294 e. The molecule has 0 aliphatic carbocycles. The molecule has 3 amide bonds. The number of hydrogen-bond acceptors (Lipinski definition) is 6. The Kier molecular flexibility index (Phi) is 6.03. The van der Waals surface area contributed by atoms with Gasteiger partial charge in [-0.3, -0.25) is 19.4 Å². The predicted octanol–water partition coefficient (Wildman–Crippen LogP) is 0.789. The lowest BCUT2D eigenvalue weighted by Crippen LogP contribution is -2.45. The van der Waals surface area contributed by atoms with Gasteiger partial charge in [0.2, 0.25) is 11.8 Å². The minimum atomic E-state index is -0.321. The number of rotatable bonds is 6. The number of thioether (sulfide) groups is 1. The number of aromatic nitrogens is 1. The number of nitrogens with zero attached hydrogens (tertiary/aromatic N) is 3. The third-order valence-corrected chi connectivity index (χ3v) is 4.13. The second-order valence-electron chi connectivity index (χ2n) is 5.16. The van der Waals surface area contributed by atoms with Gasteiger partial charge >= 0.3 is 0 Å². The first-order valence-electron chi connectivity index (χ1n) is 7.36. The van der Waals surface area contributed by atoms with E-state index >= 15 is 0 Å². The second-order valence-corrected chi connectivity index (χ2v) is 6.26. The second kappa shape index (κ2) is 8.00. The maximum atomic E-state index is 12.4. The van der Waals surface area contributed by atoms with Gasteiger partial charge < -0.3 is 9.84 Å². The summed E-state index contributed by atoms with van der Waals surface area (Å²) in [5.41, 5.74) is 0.210. The molecule has 9 heteroatoms. The van der Waals surface area contributed by atoms with Gasteiger partial charge in [0.25, 0.3) is 5.91 Å². The monoisotopic (exact) mass is 340 g/mol. The van der Waals surface area contributed by atoms with Crippen molar-refractivity contribution in [3.63, 3.8) is 0 Å². The molecule has 2 rings (SSSR count). The van der Waals surface area contributed by atoms with Crippen molar-refractivity contribution < 1.29 is 18.9 Å². The van der Waals surface area contributed by atoms with Crippen LogP contribution in [0, 0.1) is 6.92 Å². The summed E-state index contributed by atoms with van der Waals surface area (Å²) in [5.74, 6) is 1.09. The molecule has 1 N–H and O–H groups in total. The van der Waals surface area contributed by atoms with Gasteiger partial charge in [0.05, 0.1) is 5.88 Å². The van der Waals surface area contributed by atoms with Gasteiger partial charge in [0.1, 0.15) is 5.76 Å². The van der Waals surface area contributed by atoms with Gasteiger partial charge in [0, 0.05) is 38.3 Å². The Hall–Kier alpha value is -2.03. The first-order chi connectivity index (χ1) is 11.0. The zero-order chi connectivity index (χ0) is 16.8. The number of carbonyl (C=O) groups excluding carboxylic acids is 3. The minimum absolute atomic E-state index is 0.0944. The Bertz CT molecular complexity index is 589. The summed E-state index contributed by atoms with van der Waals surface area (Å²) in [4.78, 5) is 35.4. The Labute approximate surface area is 138 Å². The van der Waals surface area contributed by atoms with Crippen LogP contribution in [0.1, 0.15) is 36.0 Å². The van der Waals surface area contributed by atoms with E-state index in [1.807, 2.05) is 0 Å². The van der Waals surface area contributed by atoms with Crippen molar-refractivity contribution in [2.24, 2.45) is 0 Å². The van der Waals surface area contributed by atoms with Gasteiger partial charge in [-0.25, -0.2) is 5.01 Å². The number of nitrogens with one attached hydrogen (secondary N) is 1. The fourth-order valence-corrected chi connectivity index (χ4v) is 2.96. The topological polar surface area (TPSA) is 95.8 Å². The summed E-state index contributed by atoms with van der Waals surface area (Å²) < 4.78 is 4.91. The standard InChI is InChI=1S/C14H20N4O4S/c1-10-8-12(16-22-10)14(21)18-6-3-5-17(18)13(20)4-7-23-9-15-11(2)19/h8H,3-7,9H2,1-2H3,(H,15,19). The molecule has 23 heavy (non-hydrogen) atoms. The van der Waals surface area contributed by atoms with Crippen LogP contribution in [-0.4, -0.2) is 57.6 Å². The molecule has 1 aliphatic rings. The summed E-state index contributed by atoms with van der Waals surface area (Å²) in [5, 5.41) is 9.27. The molecule has 1 aliphatic heterocycles. The van der Waals surface area contributed by atoms with Crippen molar-refractivity contribution in [3.05, 3.63) is 17.5 Å². The molecule has 0 radical (unpaired) electrons. The van der Waals surface area contributed by atoms with E-state index in [0.717, 1.165) is 6.42 Å². The summed E-state index contributed by atoms with van der Waals surface area (Å²) in [6, 6.07) is 1.56. The van der Waals surface area contributed by atoms with E-state index in [1.54, 1.807) is 13.0 Å². The minimum Gasteiger partial charge on any atom is -0.361 e. The maximum Gasteiger partial charge on any atom is 0.294 e. The Morgan fingerprint density at radius 2 is 2.09 bits per heavy atom. The van der Waals surface area contributed by atoms with Gasteiger partial charge in [-0.2, -0.15) is 0 Å². The zero-order valence-corrected chi connectivity index (χ0v) is 14.0. The molecule has 1 aromatic rings. The number of hydrogen-bond donors (Lipinski definition) is 1. The van der Waals surface area contributed by atoms with Gasteiger partial charge in [-0.05, 0) is 13.3 Å². The van der Waals surface area contributed by atoms with E-state index in [4.69, 9.17) is 4.52 Å². The predicted molar refractivity (Wildman–Crippen MR) is 84.4 cm³/mol. The third-order valence-electron chi connectivity index (χ3n) is 3.28. The molecule has 0 spiro atoms. The highest BCUT2D eigenvalue weighted by atomic mass is 32.2. The van der Waals surface area contributed by atoms with Gasteiger partial charge in [-0.1, -0.05) is 5.16 Å². The Morgan fingerprint density at radius 1 is 1.35 bits per heavy atom. The summed E-state index contributed by atoms with van der Waals surface area (Å²) in [7, 11) is 0. The van der Waals surface area contributed by atoms with Crippen LogP contribution < -0.4 is 5.32 Å². The molecule has 0 atom stereocenters. The lowest BCUT2D eigenvalue weighted by atomic mass is 10.3. The fraction of sp³-hybridized carbons (Fsp3) is 0.571. The highest BCUT2D eigenvalue weighted by Gasteiger charge is 2.32. The zero-order valence-electron chi connectivity index (χ0n) is 13.2. The molecule has 1 saturated heterocycles.